The van der Waals surface area contributed by atoms with Crippen molar-refractivity contribution in [1.82, 2.24) is 14.4 Å². The maximum atomic E-state index is 12.1. The lowest BCUT2D eigenvalue weighted by Crippen LogP contribution is -2.48. The van der Waals surface area contributed by atoms with Gasteiger partial charge >= 0.3 is 5.97 Å². The number of hydrogen-bond acceptors (Lipinski definition) is 5. The summed E-state index contributed by atoms with van der Waals surface area (Å²) in [4.78, 5) is 13.2. The highest BCUT2D eigenvalue weighted by Crippen LogP contribution is 2.14. The second kappa shape index (κ2) is 5.29. The van der Waals surface area contributed by atoms with Crippen LogP contribution in [0.2, 0.25) is 0 Å². The molecule has 0 unspecified atom stereocenters. The summed E-state index contributed by atoms with van der Waals surface area (Å²) < 4.78 is 30.6. The molecule has 8 nitrogen and oxygen atoms in total. The Balaban J connectivity index is 2.19. The normalized spacial score (nSPS) is 17.5. The Kier molecular flexibility index (Phi) is 3.90. The fourth-order valence-corrected chi connectivity index (χ4v) is 2.96. The number of aromatic carboxylic acids is 1. The van der Waals surface area contributed by atoms with Crippen molar-refractivity contribution in [2.75, 3.05) is 26.3 Å². The van der Waals surface area contributed by atoms with Crippen molar-refractivity contribution in [3.05, 3.63) is 18.0 Å². The van der Waals surface area contributed by atoms with Gasteiger partial charge in [0.2, 0.25) is 0 Å². The van der Waals surface area contributed by atoms with E-state index in [0.29, 0.717) is 26.3 Å². The Labute approximate surface area is 110 Å². The first kappa shape index (κ1) is 14.0. The first-order valence-electron chi connectivity index (χ1n) is 5.65. The van der Waals surface area contributed by atoms with Crippen LogP contribution in [0.5, 0.6) is 0 Å². The summed E-state index contributed by atoms with van der Waals surface area (Å²) in [5.74, 6) is -1.17. The van der Waals surface area contributed by atoms with Gasteiger partial charge in [-0.2, -0.15) is 0 Å². The lowest BCUT2D eigenvalue weighted by atomic mass is 10.4. The Morgan fingerprint density at radius 3 is 2.58 bits per heavy atom. The summed E-state index contributed by atoms with van der Waals surface area (Å²) >= 11 is 0. The fourth-order valence-electron chi connectivity index (χ4n) is 1.77. The van der Waals surface area contributed by atoms with Gasteiger partial charge in [0, 0.05) is 26.3 Å². The van der Waals surface area contributed by atoms with E-state index in [0.717, 1.165) is 6.07 Å². The summed E-state index contributed by atoms with van der Waals surface area (Å²) in [6, 6.07) is 1.13. The first-order valence-corrected chi connectivity index (χ1v) is 7.13. The molecule has 0 spiro atoms. The Bertz CT molecular complexity index is 574. The molecule has 19 heavy (non-hydrogen) atoms. The van der Waals surface area contributed by atoms with Gasteiger partial charge in [0.05, 0.1) is 13.2 Å². The summed E-state index contributed by atoms with van der Waals surface area (Å²) in [7, 11) is -2.28. The van der Waals surface area contributed by atoms with E-state index in [9.17, 15) is 13.2 Å². The monoisotopic (exact) mass is 289 g/mol. The molecule has 0 amide bonds. The van der Waals surface area contributed by atoms with Crippen molar-refractivity contribution < 1.29 is 23.1 Å². The molecule has 0 atom stereocenters. The highest BCUT2D eigenvalue weighted by Gasteiger charge is 2.23. The SMILES string of the molecule is Cn1cc(S(=O)(=O)NN2CCOCC2)cc1C(=O)O. The maximum Gasteiger partial charge on any atom is 0.352 e. The third kappa shape index (κ3) is 3.13. The average molecular weight is 289 g/mol. The van der Waals surface area contributed by atoms with Crippen LogP contribution < -0.4 is 4.83 Å². The number of nitrogens with one attached hydrogen (secondary N) is 1. The number of morpholine rings is 1. The molecule has 106 valence electrons. The third-order valence-corrected chi connectivity index (χ3v) is 4.11. The van der Waals surface area contributed by atoms with Gasteiger partial charge in [0.1, 0.15) is 10.6 Å². The minimum absolute atomic E-state index is 0.0705. The molecule has 2 heterocycles. The summed E-state index contributed by atoms with van der Waals surface area (Å²) in [6.45, 7) is 1.82. The van der Waals surface area contributed by atoms with Gasteiger partial charge in [-0.15, -0.1) is 4.83 Å². The van der Waals surface area contributed by atoms with Gasteiger partial charge in [-0.25, -0.2) is 18.2 Å². The van der Waals surface area contributed by atoms with Crippen molar-refractivity contribution >= 4 is 16.0 Å². The smallest absolute Gasteiger partial charge is 0.352 e. The number of carbonyl (C=O) groups is 1. The number of aromatic nitrogens is 1. The topological polar surface area (TPSA) is 101 Å². The molecule has 9 heteroatoms. The largest absolute Gasteiger partial charge is 0.477 e. The van der Waals surface area contributed by atoms with Gasteiger partial charge in [-0.1, -0.05) is 0 Å². The van der Waals surface area contributed by atoms with E-state index in [1.165, 1.54) is 22.8 Å². The van der Waals surface area contributed by atoms with Crippen molar-refractivity contribution in [1.29, 1.82) is 0 Å². The van der Waals surface area contributed by atoms with Crippen LogP contribution in [-0.2, 0) is 21.8 Å². The molecule has 1 aliphatic rings. The van der Waals surface area contributed by atoms with Crippen LogP contribution in [0.15, 0.2) is 17.2 Å². The Hall–Kier alpha value is -1.42. The summed E-state index contributed by atoms with van der Waals surface area (Å²) in [6.07, 6.45) is 1.27. The quantitative estimate of drug-likeness (QED) is 0.756. The van der Waals surface area contributed by atoms with Crippen LogP contribution in [0.1, 0.15) is 10.5 Å². The number of carboxylic acid groups (broad SMARTS) is 1. The Morgan fingerprint density at radius 2 is 2.05 bits per heavy atom. The number of carboxylic acids is 1. The van der Waals surface area contributed by atoms with Crippen LogP contribution in [-0.4, -0.2) is 55.4 Å². The molecule has 0 radical (unpaired) electrons. The van der Waals surface area contributed by atoms with Gasteiger partial charge in [0.25, 0.3) is 10.0 Å². The van der Waals surface area contributed by atoms with Crippen LogP contribution in [0.25, 0.3) is 0 Å². The molecule has 0 aromatic carbocycles. The molecule has 1 aromatic heterocycles. The van der Waals surface area contributed by atoms with E-state index in [1.807, 2.05) is 0 Å². The number of hydrogen-bond donors (Lipinski definition) is 2. The molecule has 2 N–H and O–H groups in total. The van der Waals surface area contributed by atoms with E-state index >= 15 is 0 Å². The number of hydrazine groups is 1. The van der Waals surface area contributed by atoms with Crippen molar-refractivity contribution in [2.45, 2.75) is 4.90 Å². The van der Waals surface area contributed by atoms with E-state index < -0.39 is 16.0 Å². The lowest BCUT2D eigenvalue weighted by Gasteiger charge is -2.26. The van der Waals surface area contributed by atoms with Gasteiger partial charge < -0.3 is 14.4 Å². The minimum Gasteiger partial charge on any atom is -0.477 e. The zero-order valence-corrected chi connectivity index (χ0v) is 11.2. The van der Waals surface area contributed by atoms with Crippen molar-refractivity contribution in [3.8, 4) is 0 Å². The third-order valence-electron chi connectivity index (χ3n) is 2.77. The molecule has 0 bridgehead atoms. The lowest BCUT2D eigenvalue weighted by molar-refractivity contribution is 0.0272. The van der Waals surface area contributed by atoms with Crippen LogP contribution in [0.4, 0.5) is 0 Å². The van der Waals surface area contributed by atoms with Gasteiger partial charge in [-0.05, 0) is 6.07 Å². The van der Waals surface area contributed by atoms with Crippen LogP contribution in [0.3, 0.4) is 0 Å². The molecule has 1 fully saturated rings. The fraction of sp³-hybridized carbons (Fsp3) is 0.500. The molecule has 0 aliphatic carbocycles. The zero-order chi connectivity index (χ0) is 14.0. The van der Waals surface area contributed by atoms with Gasteiger partial charge in [0.15, 0.2) is 0 Å². The van der Waals surface area contributed by atoms with E-state index in [1.54, 1.807) is 0 Å². The minimum atomic E-state index is -3.76. The first-order chi connectivity index (χ1) is 8.90. The summed E-state index contributed by atoms with van der Waals surface area (Å²) in [5, 5.41) is 10.4. The van der Waals surface area contributed by atoms with Crippen LogP contribution in [0, 0.1) is 0 Å². The van der Waals surface area contributed by atoms with Crippen LogP contribution >= 0.6 is 0 Å². The molecule has 0 saturated carbocycles. The highest BCUT2D eigenvalue weighted by molar-refractivity contribution is 7.89. The molecule has 1 aliphatic heterocycles. The zero-order valence-electron chi connectivity index (χ0n) is 10.4. The Morgan fingerprint density at radius 1 is 1.42 bits per heavy atom. The molecule has 1 aromatic rings. The molecule has 1 saturated heterocycles. The number of sulfonamides is 1. The molecular formula is C10H15N3O5S. The average Bonchev–Trinajstić information content (AvgIpc) is 2.73. The second-order valence-electron chi connectivity index (χ2n) is 4.17. The number of aryl methyl sites for hydroxylation is 1. The van der Waals surface area contributed by atoms with E-state index in [-0.39, 0.29) is 10.6 Å². The summed E-state index contributed by atoms with van der Waals surface area (Å²) in [5.41, 5.74) is -0.0812. The predicted molar refractivity (Wildman–Crippen MR) is 65.1 cm³/mol. The highest BCUT2D eigenvalue weighted by atomic mass is 32.2. The maximum absolute atomic E-state index is 12.1. The van der Waals surface area contributed by atoms with Gasteiger partial charge in [-0.3, -0.25) is 0 Å². The van der Waals surface area contributed by atoms with E-state index in [2.05, 4.69) is 4.83 Å². The van der Waals surface area contributed by atoms with E-state index in [4.69, 9.17) is 9.84 Å². The number of nitrogens with zero attached hydrogens (tertiary/aromatic N) is 2. The molecule has 2 rings (SSSR count). The molecular weight excluding hydrogens is 274 g/mol. The predicted octanol–water partition coefficient (Wildman–Crippen LogP) is -0.751. The second-order valence-corrected chi connectivity index (χ2v) is 5.83. The van der Waals surface area contributed by atoms with Crippen molar-refractivity contribution in [2.24, 2.45) is 7.05 Å². The van der Waals surface area contributed by atoms with Crippen molar-refractivity contribution in [3.63, 3.8) is 0 Å². The standard InChI is InChI=1S/C10H15N3O5S/c1-12-7-8(6-9(12)10(14)15)19(16,17)11-13-2-4-18-5-3-13/h6-7,11H,2-5H2,1H3,(H,14,15). The number of rotatable bonds is 4. The number of ether oxygens (including phenoxy) is 1.